The van der Waals surface area contributed by atoms with E-state index in [1.54, 1.807) is 4.57 Å². The van der Waals surface area contributed by atoms with Crippen molar-refractivity contribution in [2.45, 2.75) is 73.2 Å². The van der Waals surface area contributed by atoms with Crippen LogP contribution in [0.25, 0.3) is 11.2 Å². The Morgan fingerprint density at radius 3 is 2.28 bits per heavy atom. The van der Waals surface area contributed by atoms with Crippen LogP contribution in [0.5, 0.6) is 0 Å². The zero-order chi connectivity index (χ0) is 23.4. The Kier molecular flexibility index (Phi) is 7.29. The zero-order valence-electron chi connectivity index (χ0n) is 19.1. The monoisotopic (exact) mass is 441 g/mol. The summed E-state index contributed by atoms with van der Waals surface area (Å²) in [5.74, 6) is -0.124. The number of fused-ring (bicyclic) bond motifs is 1. The van der Waals surface area contributed by atoms with Gasteiger partial charge in [-0.15, -0.1) is 0 Å². The lowest BCUT2D eigenvalue weighted by atomic mass is 10.1. The quantitative estimate of drug-likeness (QED) is 0.529. The molecule has 0 aliphatic heterocycles. The molecule has 1 aromatic carbocycles. The van der Waals surface area contributed by atoms with Crippen LogP contribution in [0.2, 0.25) is 0 Å². The maximum Gasteiger partial charge on any atom is 0.333 e. The second-order valence-corrected chi connectivity index (χ2v) is 8.11. The van der Waals surface area contributed by atoms with E-state index in [4.69, 9.17) is 0 Å². The van der Waals surface area contributed by atoms with E-state index >= 15 is 0 Å². The predicted molar refractivity (Wildman–Crippen MR) is 124 cm³/mol. The summed E-state index contributed by atoms with van der Waals surface area (Å²) >= 11 is 0. The number of aliphatic hydroxyl groups excluding tert-OH is 1. The summed E-state index contributed by atoms with van der Waals surface area (Å²) in [6.07, 6.45) is 2.29. The minimum Gasteiger partial charge on any atom is -0.388 e. The molecule has 2 aromatic heterocycles. The summed E-state index contributed by atoms with van der Waals surface area (Å²) < 4.78 is 4.05. The van der Waals surface area contributed by atoms with Crippen molar-refractivity contribution in [2.24, 2.45) is 0 Å². The first-order chi connectivity index (χ1) is 15.3. The molecule has 3 rings (SSSR count). The van der Waals surface area contributed by atoms with Gasteiger partial charge in [-0.1, -0.05) is 26.3 Å². The van der Waals surface area contributed by atoms with E-state index in [0.717, 1.165) is 35.0 Å². The molecule has 2 N–H and O–H groups in total. The van der Waals surface area contributed by atoms with Gasteiger partial charge in [0.05, 0.1) is 0 Å². The lowest BCUT2D eigenvalue weighted by Gasteiger charge is -2.13. The third-order valence-electron chi connectivity index (χ3n) is 5.32. The van der Waals surface area contributed by atoms with Gasteiger partial charge in [-0.25, -0.2) is 14.3 Å². The van der Waals surface area contributed by atoms with Crippen molar-refractivity contribution in [1.29, 1.82) is 0 Å². The number of carbonyl (C=O) groups is 1. The van der Waals surface area contributed by atoms with Crippen molar-refractivity contribution in [3.8, 4) is 0 Å². The number of hydrogen-bond donors (Lipinski definition) is 2. The maximum atomic E-state index is 13.3. The number of unbranched alkanes of at least 4 members (excludes halogenated alkanes) is 1. The molecule has 0 bridgehead atoms. The average molecular weight is 442 g/mol. The van der Waals surface area contributed by atoms with E-state index in [0.29, 0.717) is 24.6 Å². The van der Waals surface area contributed by atoms with E-state index < -0.39 is 23.7 Å². The highest BCUT2D eigenvalue weighted by Gasteiger charge is 2.22. The molecule has 0 radical (unpaired) electrons. The summed E-state index contributed by atoms with van der Waals surface area (Å²) in [6.45, 7) is 7.92. The van der Waals surface area contributed by atoms with Crippen molar-refractivity contribution in [2.75, 3.05) is 5.32 Å². The smallest absolute Gasteiger partial charge is 0.333 e. The number of aliphatic hydroxyl groups is 1. The van der Waals surface area contributed by atoms with Crippen LogP contribution in [0.15, 0.2) is 27.8 Å². The number of aryl methyl sites for hydroxylation is 4. The number of carbonyl (C=O) groups excluding carboxylic acids is 1. The van der Waals surface area contributed by atoms with Gasteiger partial charge in [-0.3, -0.25) is 14.2 Å². The molecule has 0 unspecified atom stereocenters. The van der Waals surface area contributed by atoms with Gasteiger partial charge in [-0.2, -0.15) is 0 Å². The molecule has 0 fully saturated rings. The molecule has 2 heterocycles. The molecule has 0 aliphatic rings. The van der Waals surface area contributed by atoms with Gasteiger partial charge in [0.2, 0.25) is 5.91 Å². The van der Waals surface area contributed by atoms with Crippen LogP contribution in [-0.4, -0.2) is 29.7 Å². The molecule has 0 saturated heterocycles. The third kappa shape index (κ3) is 4.67. The number of benzene rings is 1. The third-order valence-corrected chi connectivity index (χ3v) is 5.32. The molecule has 9 nitrogen and oxygen atoms in total. The highest BCUT2D eigenvalue weighted by molar-refractivity contribution is 5.90. The Bertz CT molecular complexity index is 1230. The summed E-state index contributed by atoms with van der Waals surface area (Å²) in [7, 11) is 0. The minimum absolute atomic E-state index is 0.241. The van der Waals surface area contributed by atoms with Crippen molar-refractivity contribution >= 4 is 22.8 Å². The molecule has 172 valence electrons. The van der Waals surface area contributed by atoms with E-state index in [-0.39, 0.29) is 17.8 Å². The highest BCUT2D eigenvalue weighted by Crippen LogP contribution is 2.15. The fourth-order valence-electron chi connectivity index (χ4n) is 3.97. The number of imidazole rings is 1. The van der Waals surface area contributed by atoms with Gasteiger partial charge in [0, 0.05) is 18.8 Å². The molecule has 9 heteroatoms. The Labute approximate surface area is 186 Å². The number of hydrogen-bond acceptors (Lipinski definition) is 5. The SMILES string of the molecule is CCCCn1c(=O)n(CC(=O)Nc2cc(C)cc(C)c2)c(=O)c2c1nc(CO)n2CCC. The van der Waals surface area contributed by atoms with Crippen LogP contribution in [0, 0.1) is 13.8 Å². The van der Waals surface area contributed by atoms with Crippen molar-refractivity contribution in [3.63, 3.8) is 0 Å². The fraction of sp³-hybridized carbons (Fsp3) is 0.478. The Morgan fingerprint density at radius 2 is 1.69 bits per heavy atom. The average Bonchev–Trinajstić information content (AvgIpc) is 3.09. The van der Waals surface area contributed by atoms with E-state index in [2.05, 4.69) is 10.3 Å². The highest BCUT2D eigenvalue weighted by atomic mass is 16.3. The fourth-order valence-corrected chi connectivity index (χ4v) is 3.97. The van der Waals surface area contributed by atoms with Crippen LogP contribution < -0.4 is 16.6 Å². The van der Waals surface area contributed by atoms with Crippen LogP contribution in [0.4, 0.5) is 5.69 Å². The number of nitrogens with zero attached hydrogens (tertiary/aromatic N) is 4. The number of rotatable bonds is 9. The van der Waals surface area contributed by atoms with Crippen LogP contribution >= 0.6 is 0 Å². The lowest BCUT2D eigenvalue weighted by molar-refractivity contribution is -0.116. The van der Waals surface area contributed by atoms with Gasteiger partial charge >= 0.3 is 5.69 Å². The van der Waals surface area contributed by atoms with E-state index in [1.807, 2.05) is 45.9 Å². The summed E-state index contributed by atoms with van der Waals surface area (Å²) in [6, 6.07) is 5.66. The summed E-state index contributed by atoms with van der Waals surface area (Å²) in [4.78, 5) is 43.7. The van der Waals surface area contributed by atoms with Crippen LogP contribution in [0.3, 0.4) is 0 Å². The molecule has 0 atom stereocenters. The van der Waals surface area contributed by atoms with Crippen molar-refractivity contribution in [3.05, 3.63) is 56.0 Å². The maximum absolute atomic E-state index is 13.3. The van der Waals surface area contributed by atoms with Gasteiger partial charge in [0.1, 0.15) is 19.0 Å². The molecule has 0 saturated carbocycles. The van der Waals surface area contributed by atoms with E-state index in [9.17, 15) is 19.5 Å². The van der Waals surface area contributed by atoms with E-state index in [1.165, 1.54) is 4.57 Å². The van der Waals surface area contributed by atoms with Gasteiger partial charge < -0.3 is 15.0 Å². The summed E-state index contributed by atoms with van der Waals surface area (Å²) in [5, 5.41) is 12.5. The van der Waals surface area contributed by atoms with Crippen molar-refractivity contribution in [1.82, 2.24) is 18.7 Å². The minimum atomic E-state index is -0.575. The van der Waals surface area contributed by atoms with Crippen LogP contribution in [-0.2, 0) is 31.0 Å². The topological polar surface area (TPSA) is 111 Å². The van der Waals surface area contributed by atoms with Gasteiger partial charge in [0.25, 0.3) is 5.56 Å². The predicted octanol–water partition coefficient (Wildman–Crippen LogP) is 2.32. The Morgan fingerprint density at radius 1 is 1.00 bits per heavy atom. The molecule has 1 amide bonds. The largest absolute Gasteiger partial charge is 0.388 e. The van der Waals surface area contributed by atoms with Gasteiger partial charge in [0.15, 0.2) is 11.2 Å². The molecule has 3 aromatic rings. The second kappa shape index (κ2) is 9.95. The van der Waals surface area contributed by atoms with Crippen molar-refractivity contribution < 1.29 is 9.90 Å². The Balaban J connectivity index is 2.10. The molecular weight excluding hydrogens is 410 g/mol. The summed E-state index contributed by atoms with van der Waals surface area (Å²) in [5.41, 5.74) is 1.97. The lowest BCUT2D eigenvalue weighted by Crippen LogP contribution is -2.43. The first kappa shape index (κ1) is 23.5. The first-order valence-corrected chi connectivity index (χ1v) is 11.0. The molecular formula is C23H31N5O4. The number of amides is 1. The molecule has 32 heavy (non-hydrogen) atoms. The Hall–Kier alpha value is -3.20. The zero-order valence-corrected chi connectivity index (χ0v) is 19.1. The first-order valence-electron chi connectivity index (χ1n) is 11.0. The standard InChI is InChI=1S/C23H31N5O4/c1-5-7-9-27-21-20(26(8-6-2)18(14-29)25-21)22(31)28(23(27)32)13-19(30)24-17-11-15(3)10-16(4)12-17/h10-12,29H,5-9,13-14H2,1-4H3,(H,24,30). The normalized spacial score (nSPS) is 11.3. The second-order valence-electron chi connectivity index (χ2n) is 8.11. The number of nitrogens with one attached hydrogen (secondary N) is 1. The number of aromatic nitrogens is 4. The number of anilines is 1. The molecule has 0 aliphatic carbocycles. The van der Waals surface area contributed by atoms with Crippen LogP contribution in [0.1, 0.15) is 50.1 Å². The molecule has 0 spiro atoms. The van der Waals surface area contributed by atoms with Gasteiger partial charge in [-0.05, 0) is 49.9 Å².